The van der Waals surface area contributed by atoms with Crippen LogP contribution in [-0.4, -0.2) is 35.4 Å². The van der Waals surface area contributed by atoms with Crippen molar-refractivity contribution in [1.29, 1.82) is 0 Å². The number of nitrogens with one attached hydrogen (secondary N) is 1. The summed E-state index contributed by atoms with van der Waals surface area (Å²) in [5.41, 5.74) is 4.27. The molecule has 0 saturated heterocycles. The predicted octanol–water partition coefficient (Wildman–Crippen LogP) is 4.86. The molecule has 5 nitrogen and oxygen atoms in total. The number of carbonyl (C=O) groups excluding carboxylic acids is 2. The zero-order valence-electron chi connectivity index (χ0n) is 19.8. The monoisotopic (exact) mass is 436 g/mol. The van der Waals surface area contributed by atoms with E-state index in [0.29, 0.717) is 12.3 Å². The largest absolute Gasteiger partial charge is 0.483 e. The number of hydrogen-bond donors (Lipinski definition) is 1. The van der Waals surface area contributed by atoms with E-state index in [0.717, 1.165) is 47.9 Å². The maximum absolute atomic E-state index is 13.3. The highest BCUT2D eigenvalue weighted by Gasteiger charge is 2.28. The van der Waals surface area contributed by atoms with Crippen LogP contribution in [0.3, 0.4) is 0 Å². The van der Waals surface area contributed by atoms with Crippen LogP contribution in [0.4, 0.5) is 0 Å². The Hall–Kier alpha value is -2.82. The fraction of sp³-hybridized carbons (Fsp3) is 0.481. The second-order valence-corrected chi connectivity index (χ2v) is 8.95. The lowest BCUT2D eigenvalue weighted by Gasteiger charge is -2.31. The van der Waals surface area contributed by atoms with Gasteiger partial charge in [-0.15, -0.1) is 0 Å². The van der Waals surface area contributed by atoms with E-state index in [1.165, 1.54) is 6.42 Å². The Morgan fingerprint density at radius 2 is 1.69 bits per heavy atom. The highest BCUT2D eigenvalue weighted by molar-refractivity contribution is 5.88. The van der Waals surface area contributed by atoms with Crippen LogP contribution < -0.4 is 10.1 Å². The van der Waals surface area contributed by atoms with Gasteiger partial charge in [-0.05, 0) is 68.9 Å². The molecule has 0 heterocycles. The van der Waals surface area contributed by atoms with Crippen molar-refractivity contribution in [2.75, 3.05) is 6.61 Å². The van der Waals surface area contributed by atoms with Crippen molar-refractivity contribution in [1.82, 2.24) is 10.2 Å². The molecule has 1 fully saturated rings. The first-order valence-corrected chi connectivity index (χ1v) is 11.7. The lowest BCUT2D eigenvalue weighted by molar-refractivity contribution is -0.142. The predicted molar refractivity (Wildman–Crippen MR) is 128 cm³/mol. The normalized spacial score (nSPS) is 15.1. The molecule has 2 amide bonds. The molecule has 0 aromatic heterocycles. The summed E-state index contributed by atoms with van der Waals surface area (Å²) in [6, 6.07) is 13.4. The van der Waals surface area contributed by atoms with Gasteiger partial charge in [0.25, 0.3) is 5.91 Å². The summed E-state index contributed by atoms with van der Waals surface area (Å²) in [5, 5.41) is 3.17. The Kier molecular flexibility index (Phi) is 8.32. The van der Waals surface area contributed by atoms with Gasteiger partial charge in [-0.2, -0.15) is 0 Å². The van der Waals surface area contributed by atoms with Crippen LogP contribution in [0.25, 0.3) is 0 Å². The Bertz CT molecular complexity index is 934. The van der Waals surface area contributed by atoms with E-state index >= 15 is 0 Å². The Morgan fingerprint density at radius 1 is 1.00 bits per heavy atom. The molecular formula is C27H36N2O3. The van der Waals surface area contributed by atoms with Crippen LogP contribution in [0.5, 0.6) is 5.75 Å². The van der Waals surface area contributed by atoms with Gasteiger partial charge in [0, 0.05) is 12.6 Å². The molecular weight excluding hydrogens is 400 g/mol. The molecule has 172 valence electrons. The third kappa shape index (κ3) is 6.12. The minimum Gasteiger partial charge on any atom is -0.483 e. The second kappa shape index (κ2) is 11.2. The molecule has 1 aliphatic rings. The van der Waals surface area contributed by atoms with Gasteiger partial charge >= 0.3 is 0 Å². The fourth-order valence-electron chi connectivity index (χ4n) is 4.23. The lowest BCUT2D eigenvalue weighted by Crippen LogP contribution is -2.51. The molecule has 1 aliphatic carbocycles. The molecule has 1 atom stereocenters. The van der Waals surface area contributed by atoms with Gasteiger partial charge < -0.3 is 15.0 Å². The summed E-state index contributed by atoms with van der Waals surface area (Å²) in [7, 11) is 0. The Morgan fingerprint density at radius 3 is 2.41 bits per heavy atom. The van der Waals surface area contributed by atoms with Crippen molar-refractivity contribution in [2.24, 2.45) is 0 Å². The summed E-state index contributed by atoms with van der Waals surface area (Å²) < 4.78 is 5.89. The van der Waals surface area contributed by atoms with Crippen molar-refractivity contribution in [3.05, 3.63) is 64.7 Å². The minimum atomic E-state index is -0.578. The second-order valence-electron chi connectivity index (χ2n) is 8.95. The molecule has 0 aliphatic heterocycles. The van der Waals surface area contributed by atoms with Crippen LogP contribution in [0, 0.1) is 20.8 Å². The SMILES string of the molecule is Cc1ccccc1CN(C(=O)COc1cccc(C)c1C)C(C)C(=O)NC1CCCCC1. The molecule has 0 spiro atoms. The maximum Gasteiger partial charge on any atom is 0.261 e. The number of hydrogen-bond acceptors (Lipinski definition) is 3. The maximum atomic E-state index is 13.3. The molecule has 32 heavy (non-hydrogen) atoms. The van der Waals surface area contributed by atoms with E-state index in [1.54, 1.807) is 4.90 Å². The summed E-state index contributed by atoms with van der Waals surface area (Å²) in [6.45, 7) is 8.12. The molecule has 1 N–H and O–H groups in total. The number of amides is 2. The van der Waals surface area contributed by atoms with E-state index in [4.69, 9.17) is 4.74 Å². The highest BCUT2D eigenvalue weighted by Crippen LogP contribution is 2.22. The van der Waals surface area contributed by atoms with Crippen molar-refractivity contribution >= 4 is 11.8 Å². The summed E-state index contributed by atoms with van der Waals surface area (Å²) in [6.07, 6.45) is 5.55. The minimum absolute atomic E-state index is 0.0921. The topological polar surface area (TPSA) is 58.6 Å². The third-order valence-electron chi connectivity index (χ3n) is 6.63. The summed E-state index contributed by atoms with van der Waals surface area (Å²) in [5.74, 6) is 0.416. The van der Waals surface area contributed by atoms with Gasteiger partial charge in [-0.3, -0.25) is 9.59 Å². The standard InChI is InChI=1S/C27H36N2O3/c1-19-12-10-16-25(21(19)3)32-18-26(30)29(17-23-13-9-8-11-20(23)2)22(4)27(31)28-24-14-6-5-7-15-24/h8-13,16,22,24H,5-7,14-15,17-18H2,1-4H3,(H,28,31). The van der Waals surface area contributed by atoms with Crippen LogP contribution in [0.2, 0.25) is 0 Å². The Balaban J connectivity index is 1.74. The van der Waals surface area contributed by atoms with Gasteiger partial charge in [0.05, 0.1) is 0 Å². The number of benzene rings is 2. The zero-order valence-corrected chi connectivity index (χ0v) is 19.8. The van der Waals surface area contributed by atoms with E-state index in [9.17, 15) is 9.59 Å². The van der Waals surface area contributed by atoms with Crippen LogP contribution in [0.15, 0.2) is 42.5 Å². The average Bonchev–Trinajstić information content (AvgIpc) is 2.79. The first kappa shape index (κ1) is 23.8. The summed E-state index contributed by atoms with van der Waals surface area (Å²) in [4.78, 5) is 28.0. The molecule has 2 aromatic rings. The van der Waals surface area contributed by atoms with Crippen molar-refractivity contribution in [2.45, 2.75) is 78.4 Å². The van der Waals surface area contributed by atoms with Crippen molar-refractivity contribution in [3.8, 4) is 5.75 Å². The first-order chi connectivity index (χ1) is 15.4. The van der Waals surface area contributed by atoms with Crippen LogP contribution in [0.1, 0.15) is 61.3 Å². The first-order valence-electron chi connectivity index (χ1n) is 11.7. The number of carbonyl (C=O) groups is 2. The van der Waals surface area contributed by atoms with Gasteiger partial charge in [0.15, 0.2) is 6.61 Å². The van der Waals surface area contributed by atoms with Crippen LogP contribution >= 0.6 is 0 Å². The molecule has 0 bridgehead atoms. The molecule has 1 saturated carbocycles. The van der Waals surface area contributed by atoms with E-state index in [1.807, 2.05) is 70.2 Å². The summed E-state index contributed by atoms with van der Waals surface area (Å²) >= 11 is 0. The van der Waals surface area contributed by atoms with E-state index in [-0.39, 0.29) is 24.5 Å². The van der Waals surface area contributed by atoms with E-state index in [2.05, 4.69) is 5.32 Å². The fourth-order valence-corrected chi connectivity index (χ4v) is 4.23. The lowest BCUT2D eigenvalue weighted by atomic mass is 9.95. The number of ether oxygens (including phenoxy) is 1. The molecule has 1 unspecified atom stereocenters. The number of rotatable bonds is 8. The van der Waals surface area contributed by atoms with Gasteiger partial charge in [-0.25, -0.2) is 0 Å². The zero-order chi connectivity index (χ0) is 23.1. The van der Waals surface area contributed by atoms with Crippen LogP contribution in [-0.2, 0) is 16.1 Å². The van der Waals surface area contributed by atoms with Gasteiger partial charge in [-0.1, -0.05) is 55.7 Å². The highest BCUT2D eigenvalue weighted by atomic mass is 16.5. The number of nitrogens with zero attached hydrogens (tertiary/aromatic N) is 1. The van der Waals surface area contributed by atoms with Crippen molar-refractivity contribution < 1.29 is 14.3 Å². The van der Waals surface area contributed by atoms with Gasteiger partial charge in [0.1, 0.15) is 11.8 Å². The molecule has 0 radical (unpaired) electrons. The molecule has 2 aromatic carbocycles. The Labute approximate surface area is 192 Å². The molecule has 5 heteroatoms. The molecule has 3 rings (SSSR count). The third-order valence-corrected chi connectivity index (χ3v) is 6.63. The quantitative estimate of drug-likeness (QED) is 0.643. The van der Waals surface area contributed by atoms with Crippen molar-refractivity contribution in [3.63, 3.8) is 0 Å². The average molecular weight is 437 g/mol. The van der Waals surface area contributed by atoms with Gasteiger partial charge in [0.2, 0.25) is 5.91 Å². The number of aryl methyl sites for hydroxylation is 2. The smallest absolute Gasteiger partial charge is 0.261 e. The van der Waals surface area contributed by atoms with E-state index < -0.39 is 6.04 Å².